The maximum Gasteiger partial charge on any atom is 0.529 e. The molecule has 0 heterocycles. The van der Waals surface area contributed by atoms with Gasteiger partial charge in [-0.2, -0.15) is 0 Å². The van der Waals surface area contributed by atoms with Crippen LogP contribution in [0, 0.1) is 5.92 Å². The number of phosphoric ester groups is 2. The molecule has 16 nitrogen and oxygen atoms in total. The number of phosphoric acid groups is 2. The van der Waals surface area contributed by atoms with Crippen LogP contribution in [-0.2, 0) is 64.9 Å². The first kappa shape index (κ1) is 35.4. The topological polar surface area (TPSA) is 217 Å². The summed E-state index contributed by atoms with van der Waals surface area (Å²) in [5.41, 5.74) is -0.390. The minimum absolute atomic E-state index is 0.249. The predicted molar refractivity (Wildman–Crippen MR) is 119 cm³/mol. The van der Waals surface area contributed by atoms with E-state index in [1.54, 1.807) is 0 Å². The third-order valence-corrected chi connectivity index (χ3v) is 6.48. The van der Waals surface area contributed by atoms with Crippen molar-refractivity contribution in [2.24, 2.45) is 5.92 Å². The summed E-state index contributed by atoms with van der Waals surface area (Å²) in [4.78, 5) is 43.8. The van der Waals surface area contributed by atoms with Gasteiger partial charge >= 0.3 is 39.5 Å². The summed E-state index contributed by atoms with van der Waals surface area (Å²) in [5, 5.41) is 17.7. The fourth-order valence-corrected chi connectivity index (χ4v) is 3.30. The van der Waals surface area contributed by atoms with E-state index in [0.717, 1.165) is 55.7 Å². The summed E-state index contributed by atoms with van der Waals surface area (Å²) in [6.07, 6.45) is 0.434. The number of aliphatic carboxylic acids is 2. The predicted octanol–water partition coefficient (Wildman–Crippen LogP) is 2.51. The lowest BCUT2D eigenvalue weighted by atomic mass is 10.1. The van der Waals surface area contributed by atoms with Crippen molar-refractivity contribution in [3.8, 4) is 0 Å². The van der Waals surface area contributed by atoms with Crippen LogP contribution in [0.2, 0.25) is 0 Å². The van der Waals surface area contributed by atoms with Crippen LogP contribution in [0.25, 0.3) is 0 Å². The van der Waals surface area contributed by atoms with E-state index in [-0.39, 0.29) is 11.3 Å². The van der Waals surface area contributed by atoms with Crippen molar-refractivity contribution in [1.82, 2.24) is 0 Å². The molecule has 0 fully saturated rings. The monoisotopic (exact) mass is 564 g/mol. The number of ether oxygens (including phenoxy) is 2. The summed E-state index contributed by atoms with van der Waals surface area (Å²) < 4.78 is 59.8. The van der Waals surface area contributed by atoms with Crippen LogP contribution in [0.1, 0.15) is 20.3 Å². The number of hydrogen-bond acceptors (Lipinski definition) is 14. The van der Waals surface area contributed by atoms with Gasteiger partial charge in [-0.25, -0.2) is 18.7 Å². The standard InChI is InChI=1S/2C9H15O8P/c1-13-8(10)5-7(6-9(11)14-2)17-18(12,15-3)16-4;1-5(8(10)11)7(6(2)9(12)13)17-18(14,15-3)16-4/h5H,6H2,1-4H3;5H,1-4H3,(H,10,11)(H,12,13). The Labute approximate surface area is 207 Å². The normalized spacial score (nSPS) is 13.3. The second-order valence-electron chi connectivity index (χ2n) is 6.05. The van der Waals surface area contributed by atoms with Crippen LogP contribution in [0.4, 0.5) is 0 Å². The molecule has 0 aliphatic carbocycles. The highest BCUT2D eigenvalue weighted by Gasteiger charge is 2.33. The highest BCUT2D eigenvalue weighted by Crippen LogP contribution is 2.51. The molecule has 0 aliphatic heterocycles. The Hall–Kier alpha value is -2.74. The van der Waals surface area contributed by atoms with Crippen molar-refractivity contribution < 1.29 is 75.1 Å². The van der Waals surface area contributed by atoms with Gasteiger partial charge in [0.2, 0.25) is 0 Å². The second-order valence-corrected chi connectivity index (χ2v) is 9.66. The molecule has 2 N–H and O–H groups in total. The molecule has 1 atom stereocenters. The van der Waals surface area contributed by atoms with Crippen molar-refractivity contribution in [2.75, 3.05) is 42.7 Å². The zero-order valence-corrected chi connectivity index (χ0v) is 22.7. The lowest BCUT2D eigenvalue weighted by Crippen LogP contribution is -2.18. The molecule has 0 saturated heterocycles. The third kappa shape index (κ3) is 12.8. The van der Waals surface area contributed by atoms with E-state index < -0.39 is 57.6 Å². The molecule has 208 valence electrons. The van der Waals surface area contributed by atoms with Crippen LogP contribution >= 0.6 is 15.6 Å². The van der Waals surface area contributed by atoms with Gasteiger partial charge in [-0.1, -0.05) is 0 Å². The zero-order valence-electron chi connectivity index (χ0n) is 20.9. The van der Waals surface area contributed by atoms with Crippen LogP contribution in [0.5, 0.6) is 0 Å². The number of carboxylic acid groups (broad SMARTS) is 2. The molecule has 0 aromatic heterocycles. The van der Waals surface area contributed by atoms with Crippen molar-refractivity contribution in [3.05, 3.63) is 23.2 Å². The van der Waals surface area contributed by atoms with Crippen LogP contribution in [0.3, 0.4) is 0 Å². The molecule has 0 aliphatic rings. The molecule has 1 unspecified atom stereocenters. The highest BCUT2D eigenvalue weighted by atomic mass is 31.2. The summed E-state index contributed by atoms with van der Waals surface area (Å²) in [6.45, 7) is 2.33. The van der Waals surface area contributed by atoms with E-state index in [1.165, 1.54) is 6.92 Å². The van der Waals surface area contributed by atoms with Crippen molar-refractivity contribution in [2.45, 2.75) is 20.3 Å². The van der Waals surface area contributed by atoms with Gasteiger partial charge in [0.25, 0.3) is 0 Å². The maximum atomic E-state index is 11.7. The molecule has 0 spiro atoms. The maximum absolute atomic E-state index is 11.7. The number of carboxylic acids is 2. The number of carbonyl (C=O) groups is 4. The number of esters is 2. The van der Waals surface area contributed by atoms with Gasteiger partial charge in [-0.05, 0) is 13.8 Å². The Morgan fingerprint density at radius 1 is 0.806 bits per heavy atom. The first-order chi connectivity index (χ1) is 16.6. The van der Waals surface area contributed by atoms with Gasteiger partial charge in [0.15, 0.2) is 0 Å². The third-order valence-electron chi connectivity index (χ3n) is 3.81. The number of methoxy groups -OCH3 is 2. The molecular weight excluding hydrogens is 534 g/mol. The van der Waals surface area contributed by atoms with Gasteiger partial charge in [0.05, 0.1) is 25.9 Å². The average molecular weight is 564 g/mol. The summed E-state index contributed by atoms with van der Waals surface area (Å²) in [6, 6.07) is 0. The van der Waals surface area contributed by atoms with E-state index in [0.29, 0.717) is 0 Å². The Morgan fingerprint density at radius 2 is 1.25 bits per heavy atom. The van der Waals surface area contributed by atoms with Crippen LogP contribution < -0.4 is 0 Å². The fraction of sp³-hybridized carbons (Fsp3) is 0.556. The van der Waals surface area contributed by atoms with Crippen molar-refractivity contribution in [3.63, 3.8) is 0 Å². The first-order valence-corrected chi connectivity index (χ1v) is 12.4. The van der Waals surface area contributed by atoms with Gasteiger partial charge in [0.1, 0.15) is 23.9 Å². The Morgan fingerprint density at radius 3 is 1.58 bits per heavy atom. The van der Waals surface area contributed by atoms with Gasteiger partial charge in [0, 0.05) is 28.4 Å². The second kappa shape index (κ2) is 16.8. The number of rotatable bonds is 14. The quantitative estimate of drug-likeness (QED) is 0.134. The average Bonchev–Trinajstić information content (AvgIpc) is 2.85. The van der Waals surface area contributed by atoms with E-state index in [9.17, 15) is 28.3 Å². The molecule has 0 amide bonds. The Balaban J connectivity index is 0. The lowest BCUT2D eigenvalue weighted by Gasteiger charge is -2.20. The Kier molecular flexibility index (Phi) is 16.6. The van der Waals surface area contributed by atoms with E-state index in [4.69, 9.17) is 19.3 Å². The Bertz CT molecular complexity index is 921. The molecule has 36 heavy (non-hydrogen) atoms. The summed E-state index contributed by atoms with van der Waals surface area (Å²) in [7, 11) is -1.31. The van der Waals surface area contributed by atoms with Crippen LogP contribution in [0.15, 0.2) is 23.2 Å². The van der Waals surface area contributed by atoms with E-state index in [2.05, 4.69) is 27.6 Å². The number of carbonyl (C=O) groups excluding carboxylic acids is 2. The summed E-state index contributed by atoms with van der Waals surface area (Å²) >= 11 is 0. The summed E-state index contributed by atoms with van der Waals surface area (Å²) in [5.74, 6) is -6.24. The van der Waals surface area contributed by atoms with Crippen molar-refractivity contribution in [1.29, 1.82) is 0 Å². The molecule has 0 bridgehead atoms. The zero-order chi connectivity index (χ0) is 28.7. The number of hydrogen-bond donors (Lipinski definition) is 2. The van der Waals surface area contributed by atoms with E-state index >= 15 is 0 Å². The molecule has 0 saturated carbocycles. The molecule has 0 aromatic carbocycles. The van der Waals surface area contributed by atoms with Gasteiger partial charge in [-0.15, -0.1) is 0 Å². The molecule has 0 rings (SSSR count). The molecule has 0 aromatic rings. The van der Waals surface area contributed by atoms with Gasteiger partial charge < -0.3 is 28.7 Å². The van der Waals surface area contributed by atoms with Gasteiger partial charge in [-0.3, -0.25) is 27.7 Å². The fourth-order valence-electron chi connectivity index (χ4n) is 1.77. The molecule has 0 radical (unpaired) electrons. The minimum atomic E-state index is -4.01. The van der Waals surface area contributed by atoms with E-state index in [1.807, 2.05) is 0 Å². The van der Waals surface area contributed by atoms with Crippen molar-refractivity contribution >= 4 is 39.5 Å². The molecule has 18 heteroatoms. The SMILES string of the molecule is COC(=O)C=C(CC(=O)OC)OP(=O)(OC)OC.COP(=O)(OC)OC(=C(C)C(=O)O)C(C)C(=O)O. The lowest BCUT2D eigenvalue weighted by molar-refractivity contribution is -0.141. The largest absolute Gasteiger partial charge is 0.529 e. The molecular formula is C18H30O16P2. The minimum Gasteiger partial charge on any atom is -0.481 e. The first-order valence-electron chi connectivity index (χ1n) is 9.43. The van der Waals surface area contributed by atoms with Crippen LogP contribution in [-0.4, -0.2) is 76.7 Å². The highest BCUT2D eigenvalue weighted by molar-refractivity contribution is 7.48. The smallest absolute Gasteiger partial charge is 0.481 e.